The van der Waals surface area contributed by atoms with Crippen molar-refractivity contribution in [2.45, 2.75) is 52.7 Å². The van der Waals surface area contributed by atoms with Gasteiger partial charge in [0.1, 0.15) is 11.2 Å². The van der Waals surface area contributed by atoms with Crippen molar-refractivity contribution >= 4 is 89.9 Å². The van der Waals surface area contributed by atoms with Gasteiger partial charge in [-0.15, -0.1) is 0 Å². The second-order valence-electron chi connectivity index (χ2n) is 15.7. The van der Waals surface area contributed by atoms with Crippen molar-refractivity contribution in [2.24, 2.45) is 0 Å². The zero-order valence-electron chi connectivity index (χ0n) is 31.7. The summed E-state index contributed by atoms with van der Waals surface area (Å²) in [5.41, 5.74) is 7.61. The summed E-state index contributed by atoms with van der Waals surface area (Å²) in [5, 5.41) is 14.4. The summed E-state index contributed by atoms with van der Waals surface area (Å²) >= 11 is 0. The van der Waals surface area contributed by atoms with Gasteiger partial charge >= 0.3 is 12.2 Å². The molecule has 0 bridgehead atoms. The van der Waals surface area contributed by atoms with Gasteiger partial charge in [-0.05, 0) is 139 Å². The van der Waals surface area contributed by atoms with E-state index in [1.165, 1.54) is 0 Å². The number of carbonyl (C=O) groups is 2. The summed E-state index contributed by atoms with van der Waals surface area (Å²) in [4.78, 5) is 26.4. The minimum Gasteiger partial charge on any atom is -0.443 e. The van der Waals surface area contributed by atoms with Crippen LogP contribution in [0.2, 0.25) is 0 Å². The van der Waals surface area contributed by atoms with Crippen molar-refractivity contribution in [2.75, 3.05) is 16.0 Å². The molecule has 8 aromatic rings. The molecule has 9 nitrogen and oxygen atoms in total. The van der Waals surface area contributed by atoms with Crippen LogP contribution in [0.1, 0.15) is 41.5 Å². The molecule has 3 N–H and O–H groups in total. The van der Waals surface area contributed by atoms with Gasteiger partial charge in [0.05, 0.1) is 22.1 Å². The minimum absolute atomic E-state index is 0.395. The van der Waals surface area contributed by atoms with E-state index in [0.29, 0.717) is 0 Å². The van der Waals surface area contributed by atoms with Crippen molar-refractivity contribution in [1.29, 1.82) is 0 Å². The third-order valence-electron chi connectivity index (χ3n) is 9.13. The van der Waals surface area contributed by atoms with Crippen molar-refractivity contribution in [3.63, 3.8) is 0 Å². The quantitative estimate of drug-likeness (QED) is 0.157. The lowest BCUT2D eigenvalue weighted by Crippen LogP contribution is -2.27. The van der Waals surface area contributed by atoms with Gasteiger partial charge in [0.2, 0.25) is 0 Å². The van der Waals surface area contributed by atoms with E-state index in [4.69, 9.17) is 9.47 Å². The van der Waals surface area contributed by atoms with E-state index < -0.39 is 23.4 Å². The average molecular weight is 730 g/mol. The van der Waals surface area contributed by atoms with E-state index >= 15 is 0 Å². The summed E-state index contributed by atoms with van der Waals surface area (Å²) in [7, 11) is 0. The van der Waals surface area contributed by atoms with E-state index in [2.05, 4.69) is 28.1 Å². The van der Waals surface area contributed by atoms with Crippen LogP contribution < -0.4 is 16.0 Å². The van der Waals surface area contributed by atoms with Crippen molar-refractivity contribution in [3.05, 3.63) is 133 Å². The minimum atomic E-state index is -0.605. The third-order valence-corrected chi connectivity index (χ3v) is 9.13. The molecule has 0 saturated heterocycles. The van der Waals surface area contributed by atoms with Crippen LogP contribution in [-0.4, -0.2) is 32.5 Å². The first-order valence-corrected chi connectivity index (χ1v) is 18.3. The van der Waals surface area contributed by atoms with Crippen molar-refractivity contribution < 1.29 is 19.1 Å². The summed E-state index contributed by atoms with van der Waals surface area (Å²) in [6, 6.07) is 44.0. The highest BCUT2D eigenvalue weighted by Gasteiger charge is 2.24. The van der Waals surface area contributed by atoms with Crippen LogP contribution >= 0.6 is 0 Å². The third kappa shape index (κ3) is 7.29. The van der Waals surface area contributed by atoms with Gasteiger partial charge in [-0.25, -0.2) is 18.7 Å². The molecule has 9 heteroatoms. The number of anilines is 6. The van der Waals surface area contributed by atoms with Crippen LogP contribution in [0.5, 0.6) is 0 Å². The monoisotopic (exact) mass is 729 g/mol. The fraction of sp³-hybridized carbons (Fsp3) is 0.174. The number of carbonyl (C=O) groups excluding carboxylic acids is 2. The predicted octanol–water partition coefficient (Wildman–Crippen LogP) is 12.7. The van der Waals surface area contributed by atoms with Gasteiger partial charge in [0.25, 0.3) is 0 Å². The number of aromatic nitrogens is 2. The SMILES string of the molecule is CC(C)(C)OC(=O)n1c2ccccc2c2cc(Nc3ccc(Nc4ccc(Nc5ccc6c(c5)c5ccccc5n6C(=O)OC(C)(C)C)cc4)cc3)ccc21. The Morgan fingerprint density at radius 3 is 1.04 bits per heavy atom. The van der Waals surface area contributed by atoms with Crippen LogP contribution in [0.15, 0.2) is 133 Å². The van der Waals surface area contributed by atoms with Crippen molar-refractivity contribution in [1.82, 2.24) is 9.13 Å². The molecule has 0 unspecified atom stereocenters. The fourth-order valence-electron chi connectivity index (χ4n) is 6.88. The number of nitrogens with one attached hydrogen (secondary N) is 3. The van der Waals surface area contributed by atoms with E-state index in [1.807, 2.05) is 163 Å². The molecule has 2 heterocycles. The molecule has 8 rings (SSSR count). The standard InChI is InChI=1S/C46H43N5O4/c1-45(2,3)54-43(52)50-39-13-9-7-11-35(39)37-27-33(23-25-41(37)50)48-31-19-15-29(16-20-31)47-30-17-21-32(22-18-30)49-34-24-26-42-38(28-34)36-12-8-10-14-40(36)51(42)44(53)55-46(4,5)6/h7-28,47-49H,1-6H3. The Bertz CT molecular complexity index is 2540. The van der Waals surface area contributed by atoms with Gasteiger partial charge in [0.15, 0.2) is 0 Å². The summed E-state index contributed by atoms with van der Waals surface area (Å²) in [5.74, 6) is 0. The maximum atomic E-state index is 13.2. The lowest BCUT2D eigenvalue weighted by molar-refractivity contribution is 0.0540. The zero-order chi connectivity index (χ0) is 38.5. The Kier molecular flexibility index (Phi) is 8.72. The number of ether oxygens (including phenoxy) is 2. The fourth-order valence-corrected chi connectivity index (χ4v) is 6.88. The van der Waals surface area contributed by atoms with Crippen molar-refractivity contribution in [3.8, 4) is 0 Å². The second-order valence-corrected chi connectivity index (χ2v) is 15.7. The van der Waals surface area contributed by atoms with Crippen LogP contribution in [0.3, 0.4) is 0 Å². The molecule has 0 fully saturated rings. The Morgan fingerprint density at radius 2 is 0.691 bits per heavy atom. The van der Waals surface area contributed by atoms with Gasteiger partial charge in [-0.2, -0.15) is 0 Å². The largest absolute Gasteiger partial charge is 0.443 e. The van der Waals surface area contributed by atoms with E-state index in [1.54, 1.807) is 9.13 Å². The average Bonchev–Trinajstić information content (AvgIpc) is 3.64. The second kappa shape index (κ2) is 13.6. The number of benzene rings is 6. The van der Waals surface area contributed by atoms with Crippen LogP contribution in [0, 0.1) is 0 Å². The van der Waals surface area contributed by atoms with Gasteiger partial charge in [-0.1, -0.05) is 36.4 Å². The summed E-state index contributed by atoms with van der Waals surface area (Å²) < 4.78 is 14.8. The first-order valence-electron chi connectivity index (χ1n) is 18.3. The smallest absolute Gasteiger partial charge is 0.419 e. The molecule has 0 saturated carbocycles. The van der Waals surface area contributed by atoms with Gasteiger partial charge in [-0.3, -0.25) is 0 Å². The predicted molar refractivity (Wildman–Crippen MR) is 225 cm³/mol. The highest BCUT2D eigenvalue weighted by atomic mass is 16.6. The van der Waals surface area contributed by atoms with Crippen LogP contribution in [0.4, 0.5) is 43.7 Å². The Balaban J connectivity index is 0.950. The first-order chi connectivity index (χ1) is 26.3. The van der Waals surface area contributed by atoms with Gasteiger partial charge < -0.3 is 25.4 Å². The molecule has 0 spiro atoms. The van der Waals surface area contributed by atoms with E-state index in [9.17, 15) is 9.59 Å². The molecule has 2 aromatic heterocycles. The molecule has 0 radical (unpaired) electrons. The number of hydrogen-bond acceptors (Lipinski definition) is 7. The molecular formula is C46H43N5O4. The van der Waals surface area contributed by atoms with E-state index in [-0.39, 0.29) is 0 Å². The lowest BCUT2D eigenvalue weighted by atomic mass is 10.1. The molecule has 276 valence electrons. The molecule has 6 aromatic carbocycles. The molecule has 0 aliphatic carbocycles. The van der Waals surface area contributed by atoms with Crippen LogP contribution in [-0.2, 0) is 9.47 Å². The Morgan fingerprint density at radius 1 is 0.400 bits per heavy atom. The Labute approximate surface area is 319 Å². The number of rotatable bonds is 6. The number of para-hydroxylation sites is 2. The van der Waals surface area contributed by atoms with Gasteiger partial charge in [0, 0.05) is 55.7 Å². The number of nitrogens with zero attached hydrogens (tertiary/aromatic N) is 2. The molecule has 0 amide bonds. The number of fused-ring (bicyclic) bond motifs is 6. The highest BCUT2D eigenvalue weighted by Crippen LogP contribution is 2.35. The zero-order valence-corrected chi connectivity index (χ0v) is 31.7. The molecule has 0 atom stereocenters. The summed E-state index contributed by atoms with van der Waals surface area (Å²) in [6.07, 6.45) is -0.790. The lowest BCUT2D eigenvalue weighted by Gasteiger charge is -2.20. The molecular weight excluding hydrogens is 687 g/mol. The molecule has 55 heavy (non-hydrogen) atoms. The summed E-state index contributed by atoms with van der Waals surface area (Å²) in [6.45, 7) is 11.2. The maximum absolute atomic E-state index is 13.2. The molecule has 0 aliphatic rings. The van der Waals surface area contributed by atoms with Crippen LogP contribution in [0.25, 0.3) is 43.6 Å². The normalized spacial score (nSPS) is 12.0. The molecule has 0 aliphatic heterocycles. The highest BCUT2D eigenvalue weighted by molar-refractivity contribution is 6.14. The van der Waals surface area contributed by atoms with E-state index in [0.717, 1.165) is 77.7 Å². The maximum Gasteiger partial charge on any atom is 0.419 e. The first kappa shape index (κ1) is 35.3. The Hall–Kier alpha value is -6.74. The topological polar surface area (TPSA) is 98.5 Å². The number of hydrogen-bond donors (Lipinski definition) is 3.